The van der Waals surface area contributed by atoms with Gasteiger partial charge in [0.2, 0.25) is 5.91 Å². The summed E-state index contributed by atoms with van der Waals surface area (Å²) in [4.78, 5) is 26.6. The Balaban J connectivity index is 1.64. The molecule has 2 aliphatic rings. The first kappa shape index (κ1) is 18.7. The van der Waals surface area contributed by atoms with E-state index < -0.39 is 5.41 Å². The minimum Gasteiger partial charge on any atom is -0.450 e. The normalized spacial score (nSPS) is 20.0. The average Bonchev–Trinajstić information content (AvgIpc) is 3.14. The molecule has 1 aliphatic carbocycles. The van der Waals surface area contributed by atoms with E-state index in [-0.39, 0.29) is 23.9 Å². The fraction of sp³-hybridized carbons (Fsp3) is 0.600. The molecule has 1 saturated heterocycles. The van der Waals surface area contributed by atoms with Crippen molar-refractivity contribution in [2.75, 3.05) is 19.7 Å². The Bertz CT molecular complexity index is 650. The third kappa shape index (κ3) is 3.84. The molecule has 1 aliphatic heterocycles. The van der Waals surface area contributed by atoms with Gasteiger partial charge in [0.25, 0.3) is 0 Å². The summed E-state index contributed by atoms with van der Waals surface area (Å²) in [5.74, 6) is -0.306. The maximum absolute atomic E-state index is 13.7. The van der Waals surface area contributed by atoms with Crippen LogP contribution in [0.4, 0.5) is 9.18 Å². The standard InChI is InChI=1S/C20H27FN2O3/c1-2-26-19(25)23-12-8-17(9-13-23)22-18(24)20(10-3-4-11-20)15-6-5-7-16(21)14-15/h5-7,14,17H,2-4,8-13H2,1H3,(H,22,24). The fourth-order valence-electron chi connectivity index (χ4n) is 4.16. The summed E-state index contributed by atoms with van der Waals surface area (Å²) >= 11 is 0. The van der Waals surface area contributed by atoms with Crippen LogP contribution in [0.5, 0.6) is 0 Å². The second-order valence-corrected chi connectivity index (χ2v) is 7.23. The first-order valence-electron chi connectivity index (χ1n) is 9.54. The third-order valence-electron chi connectivity index (χ3n) is 5.63. The summed E-state index contributed by atoms with van der Waals surface area (Å²) in [6.07, 6.45) is 4.60. The van der Waals surface area contributed by atoms with Gasteiger partial charge in [0.1, 0.15) is 5.82 Å². The minimum absolute atomic E-state index is 0.00446. The van der Waals surface area contributed by atoms with Crippen LogP contribution in [0.1, 0.15) is 51.0 Å². The van der Waals surface area contributed by atoms with Crippen LogP contribution >= 0.6 is 0 Å². The first-order valence-corrected chi connectivity index (χ1v) is 9.54. The van der Waals surface area contributed by atoms with E-state index in [1.807, 2.05) is 6.07 Å². The second kappa shape index (κ2) is 8.06. The third-order valence-corrected chi connectivity index (χ3v) is 5.63. The highest BCUT2D eigenvalue weighted by Gasteiger charge is 2.43. The lowest BCUT2D eigenvalue weighted by molar-refractivity contribution is -0.127. The number of hydrogen-bond acceptors (Lipinski definition) is 3. The fourth-order valence-corrected chi connectivity index (χ4v) is 4.16. The van der Waals surface area contributed by atoms with Gasteiger partial charge in [0.05, 0.1) is 12.0 Å². The molecule has 0 bridgehead atoms. The molecular weight excluding hydrogens is 335 g/mol. The predicted molar refractivity (Wildman–Crippen MR) is 96.3 cm³/mol. The van der Waals surface area contributed by atoms with Crippen molar-refractivity contribution in [3.63, 3.8) is 0 Å². The van der Waals surface area contributed by atoms with E-state index in [2.05, 4.69) is 5.32 Å². The van der Waals surface area contributed by atoms with E-state index in [9.17, 15) is 14.0 Å². The molecule has 1 saturated carbocycles. The Morgan fingerprint density at radius 2 is 1.96 bits per heavy atom. The highest BCUT2D eigenvalue weighted by Crippen LogP contribution is 2.41. The summed E-state index contributed by atoms with van der Waals surface area (Å²) in [5.41, 5.74) is 0.150. The van der Waals surface area contributed by atoms with Crippen molar-refractivity contribution < 1.29 is 18.7 Å². The lowest BCUT2D eigenvalue weighted by Crippen LogP contribution is -2.51. The number of halogens is 1. The van der Waals surface area contributed by atoms with Crippen molar-refractivity contribution in [1.82, 2.24) is 10.2 Å². The smallest absolute Gasteiger partial charge is 0.409 e. The molecule has 2 fully saturated rings. The van der Waals surface area contributed by atoms with Crippen molar-refractivity contribution in [1.29, 1.82) is 0 Å². The summed E-state index contributed by atoms with van der Waals surface area (Å²) in [6.45, 7) is 3.32. The zero-order valence-electron chi connectivity index (χ0n) is 15.3. The van der Waals surface area contributed by atoms with Crippen molar-refractivity contribution >= 4 is 12.0 Å². The van der Waals surface area contributed by atoms with Crippen LogP contribution in [0.25, 0.3) is 0 Å². The summed E-state index contributed by atoms with van der Waals surface area (Å²) in [7, 11) is 0. The van der Waals surface area contributed by atoms with Gasteiger partial charge >= 0.3 is 6.09 Å². The van der Waals surface area contributed by atoms with Gasteiger partial charge in [0.15, 0.2) is 0 Å². The van der Waals surface area contributed by atoms with Crippen molar-refractivity contribution in [2.45, 2.75) is 56.9 Å². The number of piperidine rings is 1. The number of nitrogens with zero attached hydrogens (tertiary/aromatic N) is 1. The molecule has 0 unspecified atom stereocenters. The summed E-state index contributed by atoms with van der Waals surface area (Å²) in [6, 6.07) is 6.48. The maximum atomic E-state index is 13.7. The number of nitrogens with one attached hydrogen (secondary N) is 1. The van der Waals surface area contributed by atoms with E-state index in [4.69, 9.17) is 4.74 Å². The van der Waals surface area contributed by atoms with E-state index in [1.165, 1.54) is 12.1 Å². The van der Waals surface area contributed by atoms with Gasteiger partial charge in [-0.3, -0.25) is 4.79 Å². The van der Waals surface area contributed by atoms with E-state index >= 15 is 0 Å². The number of hydrogen-bond donors (Lipinski definition) is 1. The molecule has 0 spiro atoms. The number of benzene rings is 1. The zero-order chi connectivity index (χ0) is 18.6. The largest absolute Gasteiger partial charge is 0.450 e. The Kier molecular flexibility index (Phi) is 5.79. The maximum Gasteiger partial charge on any atom is 0.409 e. The van der Waals surface area contributed by atoms with Crippen LogP contribution in [-0.2, 0) is 14.9 Å². The predicted octanol–water partition coefficient (Wildman–Crippen LogP) is 3.37. The number of rotatable bonds is 4. The van der Waals surface area contributed by atoms with Crippen LogP contribution in [-0.4, -0.2) is 42.6 Å². The van der Waals surface area contributed by atoms with Gasteiger partial charge in [-0.2, -0.15) is 0 Å². The molecule has 0 atom stereocenters. The summed E-state index contributed by atoms with van der Waals surface area (Å²) in [5, 5.41) is 3.17. The topological polar surface area (TPSA) is 58.6 Å². The molecule has 2 amide bonds. The molecule has 0 aromatic heterocycles. The lowest BCUT2D eigenvalue weighted by atomic mass is 9.77. The number of ether oxygens (including phenoxy) is 1. The highest BCUT2D eigenvalue weighted by atomic mass is 19.1. The van der Waals surface area contributed by atoms with E-state index in [1.54, 1.807) is 17.9 Å². The minimum atomic E-state index is -0.625. The molecule has 142 valence electrons. The number of amides is 2. The van der Waals surface area contributed by atoms with Crippen molar-refractivity contribution in [2.24, 2.45) is 0 Å². The summed E-state index contributed by atoms with van der Waals surface area (Å²) < 4.78 is 18.7. The van der Waals surface area contributed by atoms with Gasteiger partial charge in [-0.25, -0.2) is 9.18 Å². The number of carbonyl (C=O) groups is 2. The average molecular weight is 362 g/mol. The molecule has 6 heteroatoms. The molecule has 0 radical (unpaired) electrons. The molecule has 26 heavy (non-hydrogen) atoms. The van der Waals surface area contributed by atoms with Crippen molar-refractivity contribution in [3.05, 3.63) is 35.6 Å². The van der Waals surface area contributed by atoms with Gasteiger partial charge < -0.3 is 15.0 Å². The van der Waals surface area contributed by atoms with Gasteiger partial charge in [-0.05, 0) is 50.3 Å². The Labute approximate surface area is 153 Å². The molecule has 1 aromatic rings. The SMILES string of the molecule is CCOC(=O)N1CCC(NC(=O)C2(c3cccc(F)c3)CCCC2)CC1. The molecule has 5 nitrogen and oxygen atoms in total. The molecule has 3 rings (SSSR count). The molecule has 1 heterocycles. The van der Waals surface area contributed by atoms with Crippen LogP contribution in [0.2, 0.25) is 0 Å². The van der Waals surface area contributed by atoms with E-state index in [0.29, 0.717) is 32.5 Å². The molecule has 1 N–H and O–H groups in total. The quantitative estimate of drug-likeness (QED) is 0.893. The Hall–Kier alpha value is -2.11. The van der Waals surface area contributed by atoms with Gasteiger partial charge in [-0.15, -0.1) is 0 Å². The highest BCUT2D eigenvalue weighted by molar-refractivity contribution is 5.88. The van der Waals surface area contributed by atoms with Crippen LogP contribution in [0.15, 0.2) is 24.3 Å². The van der Waals surface area contributed by atoms with Crippen molar-refractivity contribution in [3.8, 4) is 0 Å². The first-order chi connectivity index (χ1) is 12.5. The second-order valence-electron chi connectivity index (χ2n) is 7.23. The van der Waals surface area contributed by atoms with Crippen LogP contribution in [0, 0.1) is 5.82 Å². The van der Waals surface area contributed by atoms with Gasteiger partial charge in [-0.1, -0.05) is 25.0 Å². The molecular formula is C20H27FN2O3. The van der Waals surface area contributed by atoms with E-state index in [0.717, 1.165) is 31.2 Å². The van der Waals surface area contributed by atoms with Crippen LogP contribution < -0.4 is 5.32 Å². The number of carbonyl (C=O) groups excluding carboxylic acids is 2. The van der Waals surface area contributed by atoms with Gasteiger partial charge in [0, 0.05) is 19.1 Å². The van der Waals surface area contributed by atoms with Crippen LogP contribution in [0.3, 0.4) is 0 Å². The Morgan fingerprint density at radius 3 is 2.58 bits per heavy atom. The zero-order valence-corrected chi connectivity index (χ0v) is 15.3. The lowest BCUT2D eigenvalue weighted by Gasteiger charge is -2.35. The monoisotopic (exact) mass is 362 g/mol. The Morgan fingerprint density at radius 1 is 1.27 bits per heavy atom. The molecule has 1 aromatic carbocycles. The number of likely N-dealkylation sites (tertiary alicyclic amines) is 1.